The van der Waals surface area contributed by atoms with Gasteiger partial charge in [0, 0.05) is 18.1 Å². The minimum atomic E-state index is -0.297. The van der Waals surface area contributed by atoms with Gasteiger partial charge in [-0.25, -0.2) is 0 Å². The van der Waals surface area contributed by atoms with E-state index in [0.29, 0.717) is 23.0 Å². The molecule has 0 spiro atoms. The maximum atomic E-state index is 11.4. The fourth-order valence-corrected chi connectivity index (χ4v) is 2.02. The second kappa shape index (κ2) is 3.48. The first kappa shape index (κ1) is 10.4. The van der Waals surface area contributed by atoms with Crippen molar-refractivity contribution < 1.29 is 19.8 Å². The quantitative estimate of drug-likeness (QED) is 0.699. The molecule has 16 heavy (non-hydrogen) atoms. The normalized spacial score (nSPS) is 14.3. The number of fused-ring (bicyclic) bond motifs is 1. The highest BCUT2D eigenvalue weighted by atomic mass is 16.3. The Bertz CT molecular complexity index is 526. The molecule has 0 unspecified atom stereocenters. The summed E-state index contributed by atoms with van der Waals surface area (Å²) in [5.41, 5.74) is 1.55. The molecule has 82 valence electrons. The Kier molecular flexibility index (Phi) is 2.27. The van der Waals surface area contributed by atoms with Crippen LogP contribution in [0.2, 0.25) is 0 Å². The Morgan fingerprint density at radius 1 is 1.31 bits per heavy atom. The van der Waals surface area contributed by atoms with Crippen molar-refractivity contribution in [1.29, 1.82) is 0 Å². The molecule has 0 fully saturated rings. The number of hydrogen-bond donors (Lipinski definition) is 2. The average Bonchev–Trinajstić information content (AvgIpc) is 2.15. The molecule has 2 rings (SSSR count). The minimum Gasteiger partial charge on any atom is -0.507 e. The van der Waals surface area contributed by atoms with Crippen LogP contribution in [0.3, 0.4) is 0 Å². The van der Waals surface area contributed by atoms with Crippen LogP contribution in [0.15, 0.2) is 12.1 Å². The van der Waals surface area contributed by atoms with Crippen molar-refractivity contribution in [3.63, 3.8) is 0 Å². The van der Waals surface area contributed by atoms with Crippen molar-refractivity contribution in [2.45, 2.75) is 13.3 Å². The molecule has 4 nitrogen and oxygen atoms in total. The van der Waals surface area contributed by atoms with Crippen LogP contribution in [-0.4, -0.2) is 22.3 Å². The van der Waals surface area contributed by atoms with Crippen LogP contribution in [0, 0.1) is 0 Å². The third kappa shape index (κ3) is 1.39. The van der Waals surface area contributed by atoms with E-state index in [-0.39, 0.29) is 29.3 Å². The van der Waals surface area contributed by atoms with E-state index in [2.05, 4.69) is 0 Å². The SMILES string of the molecule is CC1=CC(=O)Cc2c(C=O)c(O)cc(O)c21. The number of allylic oxidation sites excluding steroid dienone is 2. The number of hydrogen-bond acceptors (Lipinski definition) is 4. The second-order valence-corrected chi connectivity index (χ2v) is 3.77. The third-order valence-electron chi connectivity index (χ3n) is 2.67. The van der Waals surface area contributed by atoms with Crippen LogP contribution >= 0.6 is 0 Å². The standard InChI is InChI=1S/C12H10O4/c1-6-2-7(14)3-8-9(5-13)10(15)4-11(16)12(6)8/h2,4-5,15-16H,3H2,1H3. The number of carbonyl (C=O) groups excluding carboxylic acids is 2. The van der Waals surface area contributed by atoms with E-state index < -0.39 is 0 Å². The van der Waals surface area contributed by atoms with Crippen LogP contribution in [0.4, 0.5) is 0 Å². The van der Waals surface area contributed by atoms with Crippen LogP contribution in [0.5, 0.6) is 11.5 Å². The predicted molar refractivity (Wildman–Crippen MR) is 57.5 cm³/mol. The molecule has 1 aliphatic carbocycles. The van der Waals surface area contributed by atoms with Crippen LogP contribution in [0.1, 0.15) is 28.4 Å². The van der Waals surface area contributed by atoms with E-state index in [1.807, 2.05) is 0 Å². The Balaban J connectivity index is 2.82. The number of benzene rings is 1. The molecule has 0 atom stereocenters. The van der Waals surface area contributed by atoms with Gasteiger partial charge < -0.3 is 10.2 Å². The van der Waals surface area contributed by atoms with E-state index >= 15 is 0 Å². The van der Waals surface area contributed by atoms with Gasteiger partial charge in [0.15, 0.2) is 12.1 Å². The van der Waals surface area contributed by atoms with Gasteiger partial charge in [-0.2, -0.15) is 0 Å². The lowest BCUT2D eigenvalue weighted by molar-refractivity contribution is -0.114. The monoisotopic (exact) mass is 218 g/mol. The van der Waals surface area contributed by atoms with Crippen molar-refractivity contribution in [2.24, 2.45) is 0 Å². The number of ketones is 1. The van der Waals surface area contributed by atoms with Gasteiger partial charge in [0.2, 0.25) is 0 Å². The molecule has 0 aliphatic heterocycles. The molecule has 0 heterocycles. The molecule has 0 saturated heterocycles. The lowest BCUT2D eigenvalue weighted by atomic mass is 9.87. The topological polar surface area (TPSA) is 74.6 Å². The first-order valence-corrected chi connectivity index (χ1v) is 4.79. The van der Waals surface area contributed by atoms with Gasteiger partial charge in [-0.05, 0) is 24.1 Å². The van der Waals surface area contributed by atoms with Crippen molar-refractivity contribution in [3.05, 3.63) is 28.8 Å². The second-order valence-electron chi connectivity index (χ2n) is 3.77. The maximum absolute atomic E-state index is 11.4. The zero-order valence-electron chi connectivity index (χ0n) is 8.65. The lowest BCUT2D eigenvalue weighted by Crippen LogP contribution is -2.11. The molecule has 0 saturated carbocycles. The van der Waals surface area contributed by atoms with Crippen molar-refractivity contribution >= 4 is 17.6 Å². The molecule has 1 aliphatic rings. The maximum Gasteiger partial charge on any atom is 0.160 e. The third-order valence-corrected chi connectivity index (χ3v) is 2.67. The largest absolute Gasteiger partial charge is 0.507 e. The lowest BCUT2D eigenvalue weighted by Gasteiger charge is -2.18. The molecule has 0 bridgehead atoms. The Hall–Kier alpha value is -2.10. The van der Waals surface area contributed by atoms with Gasteiger partial charge in [-0.1, -0.05) is 0 Å². The van der Waals surface area contributed by atoms with E-state index in [9.17, 15) is 19.8 Å². The number of phenols is 2. The van der Waals surface area contributed by atoms with Crippen LogP contribution < -0.4 is 0 Å². The minimum absolute atomic E-state index is 0.0305. The number of aromatic hydroxyl groups is 2. The van der Waals surface area contributed by atoms with Crippen molar-refractivity contribution in [1.82, 2.24) is 0 Å². The number of carbonyl (C=O) groups is 2. The number of aldehydes is 1. The average molecular weight is 218 g/mol. The first-order chi connectivity index (χ1) is 7.54. The Morgan fingerprint density at radius 3 is 2.62 bits per heavy atom. The number of rotatable bonds is 1. The van der Waals surface area contributed by atoms with Crippen molar-refractivity contribution in [3.8, 4) is 11.5 Å². The molecule has 1 aromatic carbocycles. The van der Waals surface area contributed by atoms with Gasteiger partial charge >= 0.3 is 0 Å². The summed E-state index contributed by atoms with van der Waals surface area (Å²) in [6.45, 7) is 1.68. The van der Waals surface area contributed by atoms with Crippen LogP contribution in [0.25, 0.3) is 5.57 Å². The summed E-state index contributed by atoms with van der Waals surface area (Å²) >= 11 is 0. The molecule has 0 amide bonds. The fourth-order valence-electron chi connectivity index (χ4n) is 2.02. The van der Waals surface area contributed by atoms with Crippen LogP contribution in [-0.2, 0) is 11.2 Å². The molecule has 0 aromatic heterocycles. The summed E-state index contributed by atoms with van der Waals surface area (Å²) in [6.07, 6.45) is 1.95. The Labute approximate surface area is 91.8 Å². The highest BCUT2D eigenvalue weighted by Crippen LogP contribution is 2.38. The smallest absolute Gasteiger partial charge is 0.160 e. The molecule has 4 heteroatoms. The van der Waals surface area contributed by atoms with E-state index in [4.69, 9.17) is 0 Å². The summed E-state index contributed by atoms with van der Waals surface area (Å²) < 4.78 is 0. The van der Waals surface area contributed by atoms with E-state index in [0.717, 1.165) is 6.07 Å². The molecular formula is C12H10O4. The highest BCUT2D eigenvalue weighted by Gasteiger charge is 2.23. The number of phenolic OH excluding ortho intramolecular Hbond substituents is 2. The highest BCUT2D eigenvalue weighted by molar-refractivity contribution is 6.04. The molecular weight excluding hydrogens is 208 g/mol. The van der Waals surface area contributed by atoms with Gasteiger partial charge in [0.1, 0.15) is 11.5 Å². The van der Waals surface area contributed by atoms with Gasteiger partial charge in [-0.3, -0.25) is 9.59 Å². The molecule has 1 aromatic rings. The summed E-state index contributed by atoms with van der Waals surface area (Å²) in [7, 11) is 0. The molecule has 2 N–H and O–H groups in total. The fraction of sp³-hybridized carbons (Fsp3) is 0.167. The predicted octanol–water partition coefficient (Wildman–Crippen LogP) is 1.44. The summed E-state index contributed by atoms with van der Waals surface area (Å²) in [5, 5.41) is 19.2. The van der Waals surface area contributed by atoms with Gasteiger partial charge in [0.05, 0.1) is 5.56 Å². The summed E-state index contributed by atoms with van der Waals surface area (Å²) in [4.78, 5) is 22.2. The Morgan fingerprint density at radius 2 is 2.00 bits per heavy atom. The van der Waals surface area contributed by atoms with Gasteiger partial charge in [-0.15, -0.1) is 0 Å². The summed E-state index contributed by atoms with van der Waals surface area (Å²) in [5.74, 6) is -0.550. The van der Waals surface area contributed by atoms with E-state index in [1.165, 1.54) is 6.08 Å². The summed E-state index contributed by atoms with van der Waals surface area (Å²) in [6, 6.07) is 1.12. The first-order valence-electron chi connectivity index (χ1n) is 4.79. The van der Waals surface area contributed by atoms with Gasteiger partial charge in [0.25, 0.3) is 0 Å². The van der Waals surface area contributed by atoms with E-state index in [1.54, 1.807) is 6.92 Å². The zero-order chi connectivity index (χ0) is 11.9. The molecule has 0 radical (unpaired) electrons. The zero-order valence-corrected chi connectivity index (χ0v) is 8.65. The van der Waals surface area contributed by atoms with Crippen molar-refractivity contribution in [2.75, 3.05) is 0 Å².